The highest BCUT2D eigenvalue weighted by Gasteiger charge is 2.09. The number of benzene rings is 2. The first-order chi connectivity index (χ1) is 9.60. The molecule has 0 radical (unpaired) electrons. The molecule has 0 saturated carbocycles. The molecule has 2 N–H and O–H groups in total. The molecule has 0 bridgehead atoms. The lowest BCUT2D eigenvalue weighted by Crippen LogP contribution is -2.07. The van der Waals surface area contributed by atoms with Crippen molar-refractivity contribution in [3.05, 3.63) is 63.6 Å². The number of aliphatic hydroxyl groups is 1. The second-order valence-electron chi connectivity index (χ2n) is 4.70. The number of aliphatic hydroxyl groups excluding tert-OH is 1. The summed E-state index contributed by atoms with van der Waals surface area (Å²) in [4.78, 5) is 0. The second-order valence-corrected chi connectivity index (χ2v) is 5.55. The standard InChI is InChI=1S/C16H17Cl2NO/c1-11(15-7-4-13(17)10-16(15)18)19-14-5-2-12(3-6-14)8-9-20/h2-7,10-11,19-20H,8-9H2,1H3. The van der Waals surface area contributed by atoms with E-state index in [9.17, 15) is 0 Å². The molecule has 4 heteroatoms. The van der Waals surface area contributed by atoms with Gasteiger partial charge in [0, 0.05) is 28.4 Å². The Morgan fingerprint density at radius 2 is 1.80 bits per heavy atom. The molecular formula is C16H17Cl2NO. The monoisotopic (exact) mass is 309 g/mol. The number of nitrogens with one attached hydrogen (secondary N) is 1. The summed E-state index contributed by atoms with van der Waals surface area (Å²) in [5.41, 5.74) is 3.15. The van der Waals surface area contributed by atoms with Crippen LogP contribution in [0.25, 0.3) is 0 Å². The molecule has 0 aliphatic carbocycles. The van der Waals surface area contributed by atoms with Crippen LogP contribution in [0.4, 0.5) is 5.69 Å². The maximum Gasteiger partial charge on any atom is 0.0500 e. The normalized spacial score (nSPS) is 12.2. The van der Waals surface area contributed by atoms with E-state index in [-0.39, 0.29) is 12.6 Å². The fraction of sp³-hybridized carbons (Fsp3) is 0.250. The molecule has 0 aliphatic rings. The highest BCUT2D eigenvalue weighted by molar-refractivity contribution is 6.35. The third-order valence-corrected chi connectivity index (χ3v) is 3.73. The molecule has 0 aliphatic heterocycles. The molecule has 2 aromatic rings. The molecule has 0 saturated heterocycles. The maximum atomic E-state index is 8.89. The van der Waals surface area contributed by atoms with Crippen molar-refractivity contribution in [2.24, 2.45) is 0 Å². The van der Waals surface area contributed by atoms with Crippen LogP contribution in [0.1, 0.15) is 24.1 Å². The van der Waals surface area contributed by atoms with Crippen LogP contribution in [0.3, 0.4) is 0 Å². The van der Waals surface area contributed by atoms with Crippen molar-refractivity contribution < 1.29 is 5.11 Å². The van der Waals surface area contributed by atoms with Gasteiger partial charge < -0.3 is 10.4 Å². The summed E-state index contributed by atoms with van der Waals surface area (Å²) < 4.78 is 0. The zero-order chi connectivity index (χ0) is 14.5. The Balaban J connectivity index is 2.08. The average molecular weight is 310 g/mol. The molecule has 2 nitrogen and oxygen atoms in total. The second kappa shape index (κ2) is 6.98. The predicted molar refractivity (Wildman–Crippen MR) is 85.7 cm³/mol. The number of hydrogen-bond acceptors (Lipinski definition) is 2. The van der Waals surface area contributed by atoms with E-state index in [4.69, 9.17) is 28.3 Å². The third kappa shape index (κ3) is 3.89. The van der Waals surface area contributed by atoms with Gasteiger partial charge in [0.15, 0.2) is 0 Å². The van der Waals surface area contributed by atoms with Crippen LogP contribution in [-0.2, 0) is 6.42 Å². The Hall–Kier alpha value is -1.22. The van der Waals surface area contributed by atoms with Gasteiger partial charge in [0.25, 0.3) is 0 Å². The van der Waals surface area contributed by atoms with E-state index >= 15 is 0 Å². The predicted octanol–water partition coefficient (Wildman–Crippen LogP) is 4.70. The zero-order valence-electron chi connectivity index (χ0n) is 11.2. The van der Waals surface area contributed by atoms with Crippen molar-refractivity contribution >= 4 is 28.9 Å². The van der Waals surface area contributed by atoms with Crippen LogP contribution >= 0.6 is 23.2 Å². The summed E-state index contributed by atoms with van der Waals surface area (Å²) in [5.74, 6) is 0. The van der Waals surface area contributed by atoms with E-state index < -0.39 is 0 Å². The molecule has 106 valence electrons. The zero-order valence-corrected chi connectivity index (χ0v) is 12.7. The first-order valence-corrected chi connectivity index (χ1v) is 7.27. The van der Waals surface area contributed by atoms with Gasteiger partial charge >= 0.3 is 0 Å². The highest BCUT2D eigenvalue weighted by atomic mass is 35.5. The van der Waals surface area contributed by atoms with Gasteiger partial charge in [-0.15, -0.1) is 0 Å². The van der Waals surface area contributed by atoms with E-state index in [0.717, 1.165) is 16.8 Å². The topological polar surface area (TPSA) is 32.3 Å². The number of hydrogen-bond donors (Lipinski definition) is 2. The summed E-state index contributed by atoms with van der Waals surface area (Å²) in [5, 5.41) is 13.6. The fourth-order valence-corrected chi connectivity index (χ4v) is 2.65. The van der Waals surface area contributed by atoms with Crippen LogP contribution < -0.4 is 5.32 Å². The van der Waals surface area contributed by atoms with E-state index in [1.54, 1.807) is 6.07 Å². The lowest BCUT2D eigenvalue weighted by Gasteiger charge is -2.17. The Morgan fingerprint density at radius 3 is 2.40 bits per heavy atom. The summed E-state index contributed by atoms with van der Waals surface area (Å²) >= 11 is 12.1. The third-order valence-electron chi connectivity index (χ3n) is 3.17. The Labute approximate surface area is 129 Å². The molecule has 2 rings (SSSR count). The average Bonchev–Trinajstić information content (AvgIpc) is 2.41. The molecular weight excluding hydrogens is 293 g/mol. The van der Waals surface area contributed by atoms with Crippen molar-refractivity contribution in [1.29, 1.82) is 0 Å². The smallest absolute Gasteiger partial charge is 0.0500 e. The Kier molecular flexibility index (Phi) is 5.30. The van der Waals surface area contributed by atoms with Crippen LogP contribution in [0, 0.1) is 0 Å². The van der Waals surface area contributed by atoms with Gasteiger partial charge in [-0.25, -0.2) is 0 Å². The largest absolute Gasteiger partial charge is 0.396 e. The van der Waals surface area contributed by atoms with Crippen LogP contribution in [0.15, 0.2) is 42.5 Å². The molecule has 1 atom stereocenters. The van der Waals surface area contributed by atoms with Gasteiger partial charge in [0.05, 0.1) is 0 Å². The van der Waals surface area contributed by atoms with Crippen molar-refractivity contribution in [1.82, 2.24) is 0 Å². The molecule has 0 fully saturated rings. The molecule has 0 spiro atoms. The van der Waals surface area contributed by atoms with Crippen molar-refractivity contribution in [2.75, 3.05) is 11.9 Å². The molecule has 0 aromatic heterocycles. The van der Waals surface area contributed by atoms with E-state index in [1.165, 1.54) is 0 Å². The van der Waals surface area contributed by atoms with Gasteiger partial charge in [-0.3, -0.25) is 0 Å². The number of halogens is 2. The van der Waals surface area contributed by atoms with Crippen molar-refractivity contribution in [2.45, 2.75) is 19.4 Å². The number of anilines is 1. The Bertz CT molecular complexity index is 569. The van der Waals surface area contributed by atoms with Gasteiger partial charge in [-0.05, 0) is 48.7 Å². The fourth-order valence-electron chi connectivity index (χ4n) is 2.08. The van der Waals surface area contributed by atoms with Crippen molar-refractivity contribution in [3.8, 4) is 0 Å². The van der Waals surface area contributed by atoms with Gasteiger partial charge in [0.1, 0.15) is 0 Å². The first-order valence-electron chi connectivity index (χ1n) is 6.51. The van der Waals surface area contributed by atoms with E-state index in [0.29, 0.717) is 16.5 Å². The van der Waals surface area contributed by atoms with Crippen LogP contribution in [0.5, 0.6) is 0 Å². The van der Waals surface area contributed by atoms with E-state index in [2.05, 4.69) is 12.2 Å². The van der Waals surface area contributed by atoms with Gasteiger partial charge in [-0.1, -0.05) is 41.4 Å². The summed E-state index contributed by atoms with van der Waals surface area (Å²) in [7, 11) is 0. The van der Waals surface area contributed by atoms with Crippen LogP contribution in [-0.4, -0.2) is 11.7 Å². The maximum absolute atomic E-state index is 8.89. The quantitative estimate of drug-likeness (QED) is 0.839. The van der Waals surface area contributed by atoms with Gasteiger partial charge in [-0.2, -0.15) is 0 Å². The highest BCUT2D eigenvalue weighted by Crippen LogP contribution is 2.28. The minimum atomic E-state index is 0.0865. The molecule has 0 amide bonds. The molecule has 0 heterocycles. The lowest BCUT2D eigenvalue weighted by molar-refractivity contribution is 0.299. The minimum Gasteiger partial charge on any atom is -0.396 e. The lowest BCUT2D eigenvalue weighted by atomic mass is 10.1. The summed E-state index contributed by atoms with van der Waals surface area (Å²) in [6.07, 6.45) is 0.679. The molecule has 2 aromatic carbocycles. The van der Waals surface area contributed by atoms with Crippen molar-refractivity contribution in [3.63, 3.8) is 0 Å². The van der Waals surface area contributed by atoms with Crippen LogP contribution in [0.2, 0.25) is 10.0 Å². The Morgan fingerprint density at radius 1 is 1.10 bits per heavy atom. The number of rotatable bonds is 5. The molecule has 20 heavy (non-hydrogen) atoms. The summed E-state index contributed by atoms with van der Waals surface area (Å²) in [6, 6.07) is 13.6. The van der Waals surface area contributed by atoms with E-state index in [1.807, 2.05) is 36.4 Å². The summed E-state index contributed by atoms with van der Waals surface area (Å²) in [6.45, 7) is 2.22. The molecule has 1 unspecified atom stereocenters. The first kappa shape index (κ1) is 15.2. The van der Waals surface area contributed by atoms with Gasteiger partial charge in [0.2, 0.25) is 0 Å². The SMILES string of the molecule is CC(Nc1ccc(CCO)cc1)c1ccc(Cl)cc1Cl. The minimum absolute atomic E-state index is 0.0865.